The number of hydrogen-bond donors (Lipinski definition) is 2. The van der Waals surface area contributed by atoms with Gasteiger partial charge < -0.3 is 20.1 Å². The highest BCUT2D eigenvalue weighted by molar-refractivity contribution is 7.91. The van der Waals surface area contributed by atoms with Crippen molar-refractivity contribution in [2.75, 3.05) is 31.0 Å². The SMILES string of the molecule is COc1ccc(NC(=O)N[C@H]2CCS(=O)(=O)C2)cc1OC. The molecule has 1 aromatic rings. The maximum absolute atomic E-state index is 11.8. The van der Waals surface area contributed by atoms with E-state index in [2.05, 4.69) is 10.6 Å². The number of amides is 2. The molecule has 0 saturated carbocycles. The summed E-state index contributed by atoms with van der Waals surface area (Å²) in [7, 11) is 0.0184. The lowest BCUT2D eigenvalue weighted by molar-refractivity contribution is 0.249. The van der Waals surface area contributed by atoms with Crippen LogP contribution < -0.4 is 20.1 Å². The molecule has 0 radical (unpaired) electrons. The molecule has 1 aliphatic heterocycles. The Bertz CT molecular complexity index is 629. The third-order valence-corrected chi connectivity index (χ3v) is 4.98. The average molecular weight is 314 g/mol. The summed E-state index contributed by atoms with van der Waals surface area (Å²) in [6.45, 7) is 0. The molecule has 2 amide bonds. The standard InChI is InChI=1S/C13H18N2O5S/c1-19-11-4-3-9(7-12(11)20-2)14-13(16)15-10-5-6-21(17,18)8-10/h3-4,7,10H,5-6,8H2,1-2H3,(H2,14,15,16)/t10-/m0/s1. The van der Waals surface area contributed by atoms with Gasteiger partial charge in [-0.3, -0.25) is 0 Å². The Hall–Kier alpha value is -1.96. The van der Waals surface area contributed by atoms with E-state index in [-0.39, 0.29) is 17.5 Å². The number of nitrogens with one attached hydrogen (secondary N) is 2. The van der Waals surface area contributed by atoms with Crippen molar-refractivity contribution >= 4 is 21.6 Å². The number of sulfone groups is 1. The Morgan fingerprint density at radius 3 is 2.52 bits per heavy atom. The molecule has 21 heavy (non-hydrogen) atoms. The molecule has 0 unspecified atom stereocenters. The normalized spacial score (nSPS) is 19.8. The second-order valence-electron chi connectivity index (χ2n) is 4.77. The minimum absolute atomic E-state index is 0.00759. The monoisotopic (exact) mass is 314 g/mol. The van der Waals surface area contributed by atoms with Crippen LogP contribution in [0.5, 0.6) is 11.5 Å². The van der Waals surface area contributed by atoms with E-state index in [1.165, 1.54) is 14.2 Å². The van der Waals surface area contributed by atoms with Gasteiger partial charge in [0.25, 0.3) is 0 Å². The molecular formula is C13H18N2O5S. The smallest absolute Gasteiger partial charge is 0.319 e. The first-order valence-corrected chi connectivity index (χ1v) is 8.25. The van der Waals surface area contributed by atoms with E-state index in [1.54, 1.807) is 18.2 Å². The molecule has 0 aromatic heterocycles. The van der Waals surface area contributed by atoms with Crippen LogP contribution in [0.3, 0.4) is 0 Å². The second kappa shape index (κ2) is 6.21. The number of hydrogen-bond acceptors (Lipinski definition) is 5. The molecule has 1 aromatic carbocycles. The van der Waals surface area contributed by atoms with Gasteiger partial charge in [0.05, 0.1) is 25.7 Å². The fraction of sp³-hybridized carbons (Fsp3) is 0.462. The number of carbonyl (C=O) groups excluding carboxylic acids is 1. The number of urea groups is 1. The van der Waals surface area contributed by atoms with Crippen molar-refractivity contribution in [3.05, 3.63) is 18.2 Å². The highest BCUT2D eigenvalue weighted by Gasteiger charge is 2.28. The second-order valence-corrected chi connectivity index (χ2v) is 7.00. The minimum Gasteiger partial charge on any atom is -0.493 e. The lowest BCUT2D eigenvalue weighted by Gasteiger charge is -2.13. The van der Waals surface area contributed by atoms with Gasteiger partial charge in [-0.05, 0) is 18.6 Å². The molecule has 0 spiro atoms. The number of rotatable bonds is 4. The van der Waals surface area contributed by atoms with E-state index in [1.807, 2.05) is 0 Å². The van der Waals surface area contributed by atoms with Crippen LogP contribution in [0.4, 0.5) is 10.5 Å². The van der Waals surface area contributed by atoms with E-state index in [4.69, 9.17) is 9.47 Å². The van der Waals surface area contributed by atoms with Crippen molar-refractivity contribution in [1.82, 2.24) is 5.32 Å². The predicted molar refractivity (Wildman–Crippen MR) is 78.8 cm³/mol. The highest BCUT2D eigenvalue weighted by Crippen LogP contribution is 2.29. The zero-order chi connectivity index (χ0) is 15.5. The summed E-state index contributed by atoms with van der Waals surface area (Å²) >= 11 is 0. The molecule has 0 aliphatic carbocycles. The molecule has 1 saturated heterocycles. The topological polar surface area (TPSA) is 93.7 Å². The third-order valence-electron chi connectivity index (χ3n) is 3.21. The number of ether oxygens (including phenoxy) is 2. The van der Waals surface area contributed by atoms with Gasteiger partial charge >= 0.3 is 6.03 Å². The summed E-state index contributed by atoms with van der Waals surface area (Å²) in [4.78, 5) is 11.8. The largest absolute Gasteiger partial charge is 0.493 e. The molecule has 2 rings (SSSR count). The fourth-order valence-electron chi connectivity index (χ4n) is 2.18. The van der Waals surface area contributed by atoms with Gasteiger partial charge in [-0.1, -0.05) is 0 Å². The van der Waals surface area contributed by atoms with Crippen LogP contribution in [0.15, 0.2) is 18.2 Å². The van der Waals surface area contributed by atoms with E-state index in [0.29, 0.717) is 23.6 Å². The van der Waals surface area contributed by atoms with Crippen LogP contribution in [0.1, 0.15) is 6.42 Å². The van der Waals surface area contributed by atoms with Gasteiger partial charge in [-0.25, -0.2) is 13.2 Å². The molecule has 1 atom stereocenters. The van der Waals surface area contributed by atoms with Gasteiger partial charge in [-0.2, -0.15) is 0 Å². The van der Waals surface area contributed by atoms with Gasteiger partial charge in [0.15, 0.2) is 21.3 Å². The molecule has 1 aliphatic rings. The van der Waals surface area contributed by atoms with E-state index in [9.17, 15) is 13.2 Å². The minimum atomic E-state index is -3.01. The molecule has 2 N–H and O–H groups in total. The number of anilines is 1. The first kappa shape index (κ1) is 15.4. The first-order chi connectivity index (χ1) is 9.93. The maximum Gasteiger partial charge on any atom is 0.319 e. The lowest BCUT2D eigenvalue weighted by atomic mass is 10.2. The predicted octanol–water partition coefficient (Wildman–Crippen LogP) is 1.01. The van der Waals surface area contributed by atoms with Crippen LogP contribution in [0, 0.1) is 0 Å². The summed E-state index contributed by atoms with van der Waals surface area (Å²) in [6, 6.07) is 4.20. The van der Waals surface area contributed by atoms with Gasteiger partial charge in [-0.15, -0.1) is 0 Å². The molecule has 1 heterocycles. The van der Waals surface area contributed by atoms with Crippen molar-refractivity contribution in [2.24, 2.45) is 0 Å². The Kier molecular flexibility index (Phi) is 4.56. The zero-order valence-corrected chi connectivity index (χ0v) is 12.7. The fourth-order valence-corrected chi connectivity index (χ4v) is 3.85. The first-order valence-electron chi connectivity index (χ1n) is 6.43. The van der Waals surface area contributed by atoms with Gasteiger partial charge in [0.1, 0.15) is 0 Å². The van der Waals surface area contributed by atoms with Gasteiger partial charge in [0, 0.05) is 17.8 Å². The van der Waals surface area contributed by atoms with E-state index in [0.717, 1.165) is 0 Å². The van der Waals surface area contributed by atoms with Crippen LogP contribution in [0.25, 0.3) is 0 Å². The maximum atomic E-state index is 11.8. The quantitative estimate of drug-likeness (QED) is 0.865. The molecule has 8 heteroatoms. The Labute approximate surface area is 123 Å². The van der Waals surface area contributed by atoms with Crippen molar-refractivity contribution in [2.45, 2.75) is 12.5 Å². The Morgan fingerprint density at radius 2 is 1.95 bits per heavy atom. The van der Waals surface area contributed by atoms with Crippen molar-refractivity contribution < 1.29 is 22.7 Å². The molecule has 116 valence electrons. The highest BCUT2D eigenvalue weighted by atomic mass is 32.2. The molecule has 7 nitrogen and oxygen atoms in total. The van der Waals surface area contributed by atoms with Gasteiger partial charge in [0.2, 0.25) is 0 Å². The van der Waals surface area contributed by atoms with Crippen LogP contribution in [-0.2, 0) is 9.84 Å². The molecule has 1 fully saturated rings. The number of methoxy groups -OCH3 is 2. The molecule has 0 bridgehead atoms. The average Bonchev–Trinajstić information content (AvgIpc) is 2.77. The summed E-state index contributed by atoms with van der Waals surface area (Å²) < 4.78 is 32.9. The van der Waals surface area contributed by atoms with Crippen molar-refractivity contribution in [3.63, 3.8) is 0 Å². The Balaban J connectivity index is 1.97. The third kappa shape index (κ3) is 4.01. The summed E-state index contributed by atoms with van der Waals surface area (Å²) in [5.74, 6) is 1.17. The summed E-state index contributed by atoms with van der Waals surface area (Å²) in [5.41, 5.74) is 0.533. The van der Waals surface area contributed by atoms with Crippen LogP contribution >= 0.6 is 0 Å². The zero-order valence-electron chi connectivity index (χ0n) is 11.9. The lowest BCUT2D eigenvalue weighted by Crippen LogP contribution is -2.38. The molecular weight excluding hydrogens is 296 g/mol. The van der Waals surface area contributed by atoms with E-state index >= 15 is 0 Å². The van der Waals surface area contributed by atoms with Crippen molar-refractivity contribution in [1.29, 1.82) is 0 Å². The summed E-state index contributed by atoms with van der Waals surface area (Å²) in [6.07, 6.45) is 0.446. The number of benzene rings is 1. The van der Waals surface area contributed by atoms with Crippen LogP contribution in [-0.4, -0.2) is 46.2 Å². The van der Waals surface area contributed by atoms with E-state index < -0.39 is 15.9 Å². The number of carbonyl (C=O) groups is 1. The Morgan fingerprint density at radius 1 is 1.24 bits per heavy atom. The summed E-state index contributed by atoms with van der Waals surface area (Å²) in [5, 5.41) is 5.29. The van der Waals surface area contributed by atoms with Crippen LogP contribution in [0.2, 0.25) is 0 Å². The van der Waals surface area contributed by atoms with Crippen molar-refractivity contribution in [3.8, 4) is 11.5 Å².